The topological polar surface area (TPSA) is 203 Å². The second kappa shape index (κ2) is 17.9. The van der Waals surface area contributed by atoms with Crippen molar-refractivity contribution in [2.45, 2.75) is 81.7 Å². The average molecular weight is 973 g/mol. The highest BCUT2D eigenvalue weighted by atomic mass is 35.5. The molecule has 4 aromatic carbocycles. The summed E-state index contributed by atoms with van der Waals surface area (Å²) in [6.07, 6.45) is 2.81. The number of carbonyl (C=O) groups excluding carboxylic acids is 3. The van der Waals surface area contributed by atoms with Crippen LogP contribution in [-0.2, 0) is 30.2 Å². The molecule has 5 heterocycles. The molecule has 3 fully saturated rings. The lowest BCUT2D eigenvalue weighted by molar-refractivity contribution is -0.139. The number of amides is 3. The number of imide groups is 1. The number of hydrogen-bond donors (Lipinski definition) is 4. The number of piperidine rings is 3. The summed E-state index contributed by atoms with van der Waals surface area (Å²) in [7, 11) is -3.99. The van der Waals surface area contributed by atoms with Crippen LogP contribution in [0.1, 0.15) is 89.4 Å². The molecule has 2 atom stereocenters. The zero-order valence-electron chi connectivity index (χ0n) is 36.5. The highest BCUT2D eigenvalue weighted by Gasteiger charge is 2.43. The number of hydrogen-bond acceptors (Lipinski definition) is 11. The number of nitrogens with one attached hydrogen (secondary N) is 2. The predicted molar refractivity (Wildman–Crippen MR) is 252 cm³/mol. The van der Waals surface area contributed by atoms with Crippen LogP contribution < -0.4 is 25.2 Å². The van der Waals surface area contributed by atoms with Crippen LogP contribution in [0, 0.1) is 5.82 Å². The van der Waals surface area contributed by atoms with Crippen molar-refractivity contribution in [2.24, 2.45) is 0 Å². The van der Waals surface area contributed by atoms with Crippen LogP contribution in [0.15, 0.2) is 72.8 Å². The molecule has 3 saturated heterocycles. The smallest absolute Gasteiger partial charge is 0.349 e. The van der Waals surface area contributed by atoms with E-state index in [1.54, 1.807) is 36.4 Å². The van der Waals surface area contributed by atoms with E-state index in [4.69, 9.17) is 21.4 Å². The van der Waals surface area contributed by atoms with Crippen molar-refractivity contribution in [3.05, 3.63) is 105 Å². The number of benzene rings is 4. The summed E-state index contributed by atoms with van der Waals surface area (Å²) in [5.41, 5.74) is 3.53. The minimum atomic E-state index is -3.99. The van der Waals surface area contributed by atoms with Crippen molar-refractivity contribution >= 4 is 90.5 Å². The Morgan fingerprint density at radius 1 is 0.970 bits per heavy atom. The Hall–Kier alpha value is -6.08. The fourth-order valence-corrected chi connectivity index (χ4v) is 13.6. The molecule has 4 N–H and O–H groups in total. The number of aromatic carboxylic acids is 1. The first-order valence-electron chi connectivity index (χ1n) is 21.9. The Morgan fingerprint density at radius 2 is 1.73 bits per heavy atom. The van der Waals surface area contributed by atoms with Crippen LogP contribution in [0.3, 0.4) is 0 Å². The molecule has 1 aromatic heterocycles. The Kier molecular flexibility index (Phi) is 12.3. The van der Waals surface area contributed by atoms with E-state index in [1.807, 2.05) is 44.2 Å². The van der Waals surface area contributed by atoms with E-state index in [0.29, 0.717) is 53.3 Å². The highest BCUT2D eigenvalue weighted by Crippen LogP contribution is 2.47. The lowest BCUT2D eigenvalue weighted by atomic mass is 9.85. The SMILES string of the molecule is CC1(C)CC(Nc2cccc(-c3sc(C(=O)O)c(OCC(=O)O)c3Cl)c2)CCN1S(=O)(=O)Cc1cc(N2CCC(c3ccc4c5c(cccc35)C(=O)N4C3CCC(=O)NC3=O)CC2)ccc1F. The van der Waals surface area contributed by atoms with Crippen LogP contribution in [0.5, 0.6) is 5.75 Å². The number of aliphatic carboxylic acids is 1. The minimum absolute atomic E-state index is 0.0134. The van der Waals surface area contributed by atoms with Gasteiger partial charge in [0.25, 0.3) is 5.91 Å². The monoisotopic (exact) mass is 971 g/mol. The first-order valence-corrected chi connectivity index (χ1v) is 24.7. The molecular weight excluding hydrogens is 925 g/mol. The molecule has 5 aromatic rings. The van der Waals surface area contributed by atoms with E-state index in [9.17, 15) is 37.5 Å². The second-order valence-corrected chi connectivity index (χ2v) is 21.3. The van der Waals surface area contributed by atoms with Gasteiger partial charge in [0.05, 0.1) is 16.3 Å². The van der Waals surface area contributed by atoms with Crippen LogP contribution in [0.4, 0.5) is 21.5 Å². The molecule has 19 heteroatoms. The van der Waals surface area contributed by atoms with Gasteiger partial charge in [0.15, 0.2) is 17.2 Å². The van der Waals surface area contributed by atoms with E-state index < -0.39 is 57.6 Å². The van der Waals surface area contributed by atoms with Gasteiger partial charge in [-0.3, -0.25) is 24.6 Å². The van der Waals surface area contributed by atoms with Gasteiger partial charge >= 0.3 is 11.9 Å². The number of halogens is 2. The summed E-state index contributed by atoms with van der Waals surface area (Å²) in [4.78, 5) is 65.2. The highest BCUT2D eigenvalue weighted by molar-refractivity contribution is 7.88. The normalized spacial score (nSPS) is 20.0. The quantitative estimate of drug-likeness (QED) is 0.0834. The zero-order valence-corrected chi connectivity index (χ0v) is 38.9. The van der Waals surface area contributed by atoms with Crippen LogP contribution >= 0.6 is 22.9 Å². The maximum Gasteiger partial charge on any atom is 0.349 e. The molecule has 0 saturated carbocycles. The number of sulfonamides is 1. The molecule has 0 spiro atoms. The maximum atomic E-state index is 15.5. The predicted octanol–water partition coefficient (Wildman–Crippen LogP) is 7.86. The number of thiophene rings is 1. The number of carboxylic acids is 2. The minimum Gasteiger partial charge on any atom is -0.479 e. The summed E-state index contributed by atoms with van der Waals surface area (Å²) in [5, 5.41) is 26.4. The summed E-state index contributed by atoms with van der Waals surface area (Å²) in [6.45, 7) is 4.38. The van der Waals surface area contributed by atoms with E-state index in [0.717, 1.165) is 46.2 Å². The summed E-state index contributed by atoms with van der Waals surface area (Å²) in [5.74, 6) is -4.85. The molecule has 67 heavy (non-hydrogen) atoms. The third-order valence-corrected chi connectivity index (χ3v) is 16.9. The molecule has 350 valence electrons. The third kappa shape index (κ3) is 8.83. The van der Waals surface area contributed by atoms with Crippen LogP contribution in [0.25, 0.3) is 21.2 Å². The number of anilines is 3. The lowest BCUT2D eigenvalue weighted by Gasteiger charge is -2.45. The van der Waals surface area contributed by atoms with Gasteiger partial charge in [-0.2, -0.15) is 4.31 Å². The van der Waals surface area contributed by atoms with E-state index in [1.165, 1.54) is 15.3 Å². The molecule has 4 aliphatic rings. The van der Waals surface area contributed by atoms with E-state index in [-0.39, 0.29) is 64.4 Å². The third-order valence-electron chi connectivity index (χ3n) is 13.2. The van der Waals surface area contributed by atoms with Crippen LogP contribution in [-0.4, -0.2) is 96.5 Å². The first kappa shape index (κ1) is 46.0. The molecule has 3 amide bonds. The van der Waals surface area contributed by atoms with Gasteiger partial charge < -0.3 is 25.2 Å². The fourth-order valence-electron chi connectivity index (χ4n) is 10.2. The fraction of sp³-hybridized carbons (Fsp3) is 0.354. The molecule has 0 aliphatic carbocycles. The van der Waals surface area contributed by atoms with Gasteiger partial charge in [-0.15, -0.1) is 11.3 Å². The molecular formula is C48H47ClFN5O10S2. The van der Waals surface area contributed by atoms with Gasteiger partial charge in [-0.1, -0.05) is 41.9 Å². The molecule has 9 rings (SSSR count). The summed E-state index contributed by atoms with van der Waals surface area (Å²) < 4.78 is 50.5. The Morgan fingerprint density at radius 3 is 2.45 bits per heavy atom. The van der Waals surface area contributed by atoms with E-state index in [2.05, 4.69) is 15.5 Å². The largest absolute Gasteiger partial charge is 0.479 e. The van der Waals surface area contributed by atoms with Crippen molar-refractivity contribution in [1.82, 2.24) is 9.62 Å². The summed E-state index contributed by atoms with van der Waals surface area (Å²) in [6, 6.07) is 20.4. The molecule has 15 nitrogen and oxygen atoms in total. The summed E-state index contributed by atoms with van der Waals surface area (Å²) >= 11 is 7.39. The van der Waals surface area contributed by atoms with Gasteiger partial charge in [0, 0.05) is 65.5 Å². The zero-order chi connectivity index (χ0) is 47.5. The Balaban J connectivity index is 0.848. The van der Waals surface area contributed by atoms with Crippen molar-refractivity contribution in [3.8, 4) is 16.2 Å². The van der Waals surface area contributed by atoms with E-state index >= 15 is 4.39 Å². The van der Waals surface area contributed by atoms with Gasteiger partial charge in [-0.05, 0) is 111 Å². The standard InChI is InChI=1S/C48H47ClFN5O10S2/c1-48(2)23-30(51-29-6-3-5-27(21-29)43-41(49)42(65-24-39(57)58)44(66-43)47(61)62)17-20-54(48)67(63,64)25-28-22-31(9-11-35(28)50)53-18-15-26(16-19-53)32-10-12-36-40-33(32)7-4-8-34(40)46(60)55(36)37-13-14-38(56)52-45(37)59/h3-12,21-22,26,30,37,51H,13-20,23-25H2,1-2H3,(H,57,58)(H,61,62)(H,52,56,59). The number of carboxylic acid groups (broad SMARTS) is 2. The molecule has 0 radical (unpaired) electrons. The van der Waals surface area contributed by atoms with Crippen molar-refractivity contribution in [2.75, 3.05) is 41.4 Å². The average Bonchev–Trinajstić information content (AvgIpc) is 3.77. The maximum absolute atomic E-state index is 15.5. The first-order chi connectivity index (χ1) is 31.9. The number of ether oxygens (including phenoxy) is 1. The van der Waals surface area contributed by atoms with Gasteiger partial charge in [-0.25, -0.2) is 22.4 Å². The lowest BCUT2D eigenvalue weighted by Crippen LogP contribution is -2.55. The van der Waals surface area contributed by atoms with Gasteiger partial charge in [0.2, 0.25) is 21.8 Å². The number of carbonyl (C=O) groups is 5. The second-order valence-electron chi connectivity index (χ2n) is 18.0. The Bertz CT molecular complexity index is 2990. The van der Waals surface area contributed by atoms with Crippen molar-refractivity contribution in [3.63, 3.8) is 0 Å². The number of rotatable bonds is 13. The van der Waals surface area contributed by atoms with Crippen molar-refractivity contribution < 1.29 is 51.7 Å². The Labute approximate surface area is 394 Å². The van der Waals surface area contributed by atoms with Crippen molar-refractivity contribution in [1.29, 1.82) is 0 Å². The number of nitrogens with zero attached hydrogens (tertiary/aromatic N) is 3. The molecule has 0 bridgehead atoms. The molecule has 2 unspecified atom stereocenters. The van der Waals surface area contributed by atoms with Gasteiger partial charge in [0.1, 0.15) is 16.9 Å². The van der Waals surface area contributed by atoms with Crippen LogP contribution in [0.2, 0.25) is 5.02 Å². The molecule has 4 aliphatic heterocycles.